The van der Waals surface area contributed by atoms with Gasteiger partial charge in [0.25, 0.3) is 15.9 Å². The number of sulfonamides is 1. The Balaban J connectivity index is 1.79. The van der Waals surface area contributed by atoms with Crippen LogP contribution in [0.2, 0.25) is 0 Å². The summed E-state index contributed by atoms with van der Waals surface area (Å²) in [5.41, 5.74) is 0.796. The predicted molar refractivity (Wildman–Crippen MR) is 106 cm³/mol. The van der Waals surface area contributed by atoms with Gasteiger partial charge in [0, 0.05) is 19.2 Å². The van der Waals surface area contributed by atoms with Gasteiger partial charge < -0.3 is 14.8 Å². The van der Waals surface area contributed by atoms with Crippen molar-refractivity contribution in [3.63, 3.8) is 0 Å². The van der Waals surface area contributed by atoms with Crippen molar-refractivity contribution < 1.29 is 22.7 Å². The Morgan fingerprint density at radius 2 is 1.96 bits per heavy atom. The molecule has 1 N–H and O–H groups in total. The van der Waals surface area contributed by atoms with E-state index in [2.05, 4.69) is 5.32 Å². The summed E-state index contributed by atoms with van der Waals surface area (Å²) in [6, 6.07) is 12.7. The first-order valence-corrected chi connectivity index (χ1v) is 10.5. The number of anilines is 1. The highest BCUT2D eigenvalue weighted by molar-refractivity contribution is 7.92. The van der Waals surface area contributed by atoms with Gasteiger partial charge in [0.05, 0.1) is 30.3 Å². The molecule has 28 heavy (non-hydrogen) atoms. The molecule has 1 fully saturated rings. The Hall–Kier alpha value is -2.58. The minimum Gasteiger partial charge on any atom is -0.497 e. The molecule has 0 aromatic heterocycles. The van der Waals surface area contributed by atoms with Gasteiger partial charge in [-0.05, 0) is 55.3 Å². The second kappa shape index (κ2) is 8.62. The average molecular weight is 404 g/mol. The Morgan fingerprint density at radius 1 is 1.21 bits per heavy atom. The molecule has 0 bridgehead atoms. The van der Waals surface area contributed by atoms with E-state index in [1.807, 2.05) is 0 Å². The number of ether oxygens (including phenoxy) is 2. The van der Waals surface area contributed by atoms with Crippen molar-refractivity contribution >= 4 is 21.6 Å². The minimum atomic E-state index is -3.81. The molecule has 8 heteroatoms. The maximum Gasteiger partial charge on any atom is 0.264 e. The van der Waals surface area contributed by atoms with Crippen molar-refractivity contribution in [2.75, 3.05) is 31.7 Å². The van der Waals surface area contributed by atoms with Crippen LogP contribution >= 0.6 is 0 Å². The SMILES string of the molecule is COc1ccc(N(C)S(=O)(=O)c2cccc(C(=O)NC3CCCOC3)c2)cc1. The van der Waals surface area contributed by atoms with Crippen LogP contribution in [0, 0.1) is 0 Å². The number of benzene rings is 2. The number of nitrogens with one attached hydrogen (secondary N) is 1. The third kappa shape index (κ3) is 4.45. The summed E-state index contributed by atoms with van der Waals surface area (Å²) in [5, 5.41) is 2.90. The van der Waals surface area contributed by atoms with Crippen LogP contribution in [0.4, 0.5) is 5.69 Å². The molecule has 2 aromatic carbocycles. The number of nitrogens with zero attached hydrogens (tertiary/aromatic N) is 1. The smallest absolute Gasteiger partial charge is 0.264 e. The van der Waals surface area contributed by atoms with Gasteiger partial charge in [0.1, 0.15) is 5.75 Å². The van der Waals surface area contributed by atoms with Crippen LogP contribution in [-0.4, -0.2) is 47.7 Å². The third-order valence-corrected chi connectivity index (χ3v) is 6.47. The third-order valence-electron chi connectivity index (χ3n) is 4.69. The highest BCUT2D eigenvalue weighted by Gasteiger charge is 2.23. The summed E-state index contributed by atoms with van der Waals surface area (Å²) < 4.78 is 37.6. The zero-order chi connectivity index (χ0) is 20.1. The number of hydrogen-bond acceptors (Lipinski definition) is 5. The molecule has 1 atom stereocenters. The van der Waals surface area contributed by atoms with Crippen LogP contribution in [0.25, 0.3) is 0 Å². The summed E-state index contributed by atoms with van der Waals surface area (Å²) in [6.45, 7) is 1.18. The van der Waals surface area contributed by atoms with E-state index in [4.69, 9.17) is 9.47 Å². The molecule has 1 unspecified atom stereocenters. The normalized spacial score (nSPS) is 17.0. The van der Waals surface area contributed by atoms with E-state index in [-0.39, 0.29) is 16.8 Å². The topological polar surface area (TPSA) is 84.9 Å². The molecule has 0 radical (unpaired) electrons. The number of methoxy groups -OCH3 is 1. The van der Waals surface area contributed by atoms with Crippen LogP contribution in [0.5, 0.6) is 5.75 Å². The average Bonchev–Trinajstić information content (AvgIpc) is 2.74. The zero-order valence-electron chi connectivity index (χ0n) is 15.9. The van der Waals surface area contributed by atoms with Gasteiger partial charge in [0.2, 0.25) is 0 Å². The molecule has 1 amide bonds. The van der Waals surface area contributed by atoms with Crippen LogP contribution in [0.1, 0.15) is 23.2 Å². The lowest BCUT2D eigenvalue weighted by molar-refractivity contribution is 0.0624. The van der Waals surface area contributed by atoms with Crippen molar-refractivity contribution in [3.8, 4) is 5.75 Å². The molecule has 1 saturated heterocycles. The first-order chi connectivity index (χ1) is 13.4. The van der Waals surface area contributed by atoms with Gasteiger partial charge in [-0.3, -0.25) is 9.10 Å². The number of carbonyl (C=O) groups is 1. The molecule has 1 aliphatic rings. The lowest BCUT2D eigenvalue weighted by Gasteiger charge is -2.23. The lowest BCUT2D eigenvalue weighted by Crippen LogP contribution is -2.40. The number of rotatable bonds is 6. The first kappa shape index (κ1) is 20.2. The van der Waals surface area contributed by atoms with Crippen LogP contribution in [0.15, 0.2) is 53.4 Å². The zero-order valence-corrected chi connectivity index (χ0v) is 16.7. The summed E-state index contributed by atoms with van der Waals surface area (Å²) in [7, 11) is -0.790. The van der Waals surface area contributed by atoms with Gasteiger partial charge in [0.15, 0.2) is 0 Å². The van der Waals surface area contributed by atoms with Gasteiger partial charge in [-0.15, -0.1) is 0 Å². The van der Waals surface area contributed by atoms with Crippen molar-refractivity contribution in [2.45, 2.75) is 23.8 Å². The van der Waals surface area contributed by atoms with Crippen LogP contribution in [0.3, 0.4) is 0 Å². The molecule has 0 aliphatic carbocycles. The predicted octanol–water partition coefficient (Wildman–Crippen LogP) is 2.43. The van der Waals surface area contributed by atoms with Gasteiger partial charge in [-0.2, -0.15) is 0 Å². The van der Waals surface area contributed by atoms with Crippen molar-refractivity contribution in [1.29, 1.82) is 0 Å². The molecule has 3 rings (SSSR count). The maximum absolute atomic E-state index is 13.0. The van der Waals surface area contributed by atoms with Crippen molar-refractivity contribution in [2.24, 2.45) is 0 Å². The van der Waals surface area contributed by atoms with Crippen molar-refractivity contribution in [3.05, 3.63) is 54.1 Å². The lowest BCUT2D eigenvalue weighted by atomic mass is 10.1. The fraction of sp³-hybridized carbons (Fsp3) is 0.350. The van der Waals surface area contributed by atoms with E-state index in [1.165, 1.54) is 23.5 Å². The maximum atomic E-state index is 13.0. The monoisotopic (exact) mass is 404 g/mol. The summed E-state index contributed by atoms with van der Waals surface area (Å²) in [5.74, 6) is 0.333. The summed E-state index contributed by atoms with van der Waals surface area (Å²) in [4.78, 5) is 12.6. The first-order valence-electron chi connectivity index (χ1n) is 9.03. The number of carbonyl (C=O) groups excluding carboxylic acids is 1. The molecule has 0 saturated carbocycles. The molecule has 1 heterocycles. The highest BCUT2D eigenvalue weighted by atomic mass is 32.2. The molecule has 0 spiro atoms. The largest absolute Gasteiger partial charge is 0.497 e. The fourth-order valence-corrected chi connectivity index (χ4v) is 4.25. The second-order valence-corrected chi connectivity index (χ2v) is 8.56. The summed E-state index contributed by atoms with van der Waals surface area (Å²) in [6.07, 6.45) is 1.75. The molecule has 7 nitrogen and oxygen atoms in total. The second-order valence-electron chi connectivity index (χ2n) is 6.59. The molecular formula is C20H24N2O5S. The Kier molecular flexibility index (Phi) is 6.21. The highest BCUT2D eigenvalue weighted by Crippen LogP contribution is 2.24. The quantitative estimate of drug-likeness (QED) is 0.799. The standard InChI is InChI=1S/C20H24N2O5S/c1-22(17-8-10-18(26-2)11-9-17)28(24,25)19-7-3-5-15(13-19)20(23)21-16-6-4-12-27-14-16/h3,5,7-11,13,16H,4,6,12,14H2,1-2H3,(H,21,23). The minimum absolute atomic E-state index is 0.0523. The van der Waals surface area contributed by atoms with E-state index >= 15 is 0 Å². The van der Waals surface area contributed by atoms with E-state index in [0.717, 1.165) is 12.8 Å². The van der Waals surface area contributed by atoms with E-state index in [1.54, 1.807) is 43.5 Å². The Labute approximate surface area is 165 Å². The van der Waals surface area contributed by atoms with E-state index < -0.39 is 10.0 Å². The summed E-state index contributed by atoms with van der Waals surface area (Å²) >= 11 is 0. The molecule has 2 aromatic rings. The molecule has 150 valence electrons. The van der Waals surface area contributed by atoms with E-state index in [9.17, 15) is 13.2 Å². The van der Waals surface area contributed by atoms with Crippen LogP contribution in [-0.2, 0) is 14.8 Å². The molecular weight excluding hydrogens is 380 g/mol. The van der Waals surface area contributed by atoms with Gasteiger partial charge >= 0.3 is 0 Å². The van der Waals surface area contributed by atoms with E-state index in [0.29, 0.717) is 30.2 Å². The number of hydrogen-bond donors (Lipinski definition) is 1. The Morgan fingerprint density at radius 3 is 2.61 bits per heavy atom. The molecule has 1 aliphatic heterocycles. The fourth-order valence-electron chi connectivity index (χ4n) is 3.01. The van der Waals surface area contributed by atoms with Crippen molar-refractivity contribution in [1.82, 2.24) is 5.32 Å². The van der Waals surface area contributed by atoms with Gasteiger partial charge in [-0.25, -0.2) is 8.42 Å². The number of amides is 1. The van der Waals surface area contributed by atoms with Gasteiger partial charge in [-0.1, -0.05) is 6.07 Å². The Bertz CT molecular complexity index is 922. The van der Waals surface area contributed by atoms with Crippen LogP contribution < -0.4 is 14.4 Å².